The first-order valence-electron chi connectivity index (χ1n) is 9.26. The fourth-order valence-electron chi connectivity index (χ4n) is 4.16. The maximum atomic E-state index is 13.3. The Balaban J connectivity index is 1.58. The standard InChI is InChI=1S/C20H23ClN4O2/c1-13-5-8-22-20(23-13)24-9-6-14-7-10-25(17(14)12-24)19(26)16-11-15(21)3-4-18(16)27-2/h3-5,8,11,14,17H,6-7,9-10,12H2,1-2H3. The Morgan fingerprint density at radius 1 is 1.26 bits per heavy atom. The lowest BCUT2D eigenvalue weighted by atomic mass is 9.92. The fraction of sp³-hybridized carbons (Fsp3) is 0.450. The highest BCUT2D eigenvalue weighted by Gasteiger charge is 2.41. The average molecular weight is 387 g/mol. The number of carbonyl (C=O) groups is 1. The van der Waals surface area contributed by atoms with Gasteiger partial charge in [0.25, 0.3) is 5.91 Å². The largest absolute Gasteiger partial charge is 0.496 e. The summed E-state index contributed by atoms with van der Waals surface area (Å²) in [5.41, 5.74) is 1.47. The van der Waals surface area contributed by atoms with Crippen LogP contribution in [0, 0.1) is 12.8 Å². The Labute approximate surface area is 164 Å². The van der Waals surface area contributed by atoms with Crippen molar-refractivity contribution in [3.05, 3.63) is 46.7 Å². The first-order chi connectivity index (χ1) is 13.1. The molecule has 1 aromatic carbocycles. The zero-order chi connectivity index (χ0) is 19.0. The van der Waals surface area contributed by atoms with Crippen LogP contribution in [0.4, 0.5) is 5.95 Å². The van der Waals surface area contributed by atoms with Crippen molar-refractivity contribution in [2.45, 2.75) is 25.8 Å². The van der Waals surface area contributed by atoms with Gasteiger partial charge in [-0.15, -0.1) is 0 Å². The highest BCUT2D eigenvalue weighted by molar-refractivity contribution is 6.31. The van der Waals surface area contributed by atoms with E-state index < -0.39 is 0 Å². The number of aromatic nitrogens is 2. The molecular formula is C20H23ClN4O2. The van der Waals surface area contributed by atoms with Crippen molar-refractivity contribution >= 4 is 23.5 Å². The third kappa shape index (κ3) is 3.46. The maximum Gasteiger partial charge on any atom is 0.257 e. The molecule has 2 aromatic rings. The van der Waals surface area contributed by atoms with Gasteiger partial charge in [-0.1, -0.05) is 11.6 Å². The normalized spacial score (nSPS) is 21.9. The Morgan fingerprint density at radius 3 is 2.85 bits per heavy atom. The molecule has 2 aliphatic rings. The zero-order valence-corrected chi connectivity index (χ0v) is 16.3. The lowest BCUT2D eigenvalue weighted by Gasteiger charge is -2.38. The summed E-state index contributed by atoms with van der Waals surface area (Å²) >= 11 is 6.13. The van der Waals surface area contributed by atoms with Crippen molar-refractivity contribution in [1.82, 2.24) is 14.9 Å². The summed E-state index contributed by atoms with van der Waals surface area (Å²) in [5, 5.41) is 0.535. The lowest BCUT2D eigenvalue weighted by molar-refractivity contribution is 0.0708. The Bertz CT molecular complexity index is 860. The molecule has 7 heteroatoms. The van der Waals surface area contributed by atoms with Crippen LogP contribution in [0.1, 0.15) is 28.9 Å². The molecule has 4 rings (SSSR count). The minimum atomic E-state index is -0.0196. The fourth-order valence-corrected chi connectivity index (χ4v) is 4.34. The van der Waals surface area contributed by atoms with Crippen molar-refractivity contribution in [2.24, 2.45) is 5.92 Å². The number of rotatable bonds is 3. The second-order valence-corrected chi connectivity index (χ2v) is 7.63. The van der Waals surface area contributed by atoms with Crippen molar-refractivity contribution in [2.75, 3.05) is 31.6 Å². The van der Waals surface area contributed by atoms with Crippen LogP contribution >= 0.6 is 11.6 Å². The molecule has 27 heavy (non-hydrogen) atoms. The molecule has 0 bridgehead atoms. The van der Waals surface area contributed by atoms with Crippen LogP contribution in [0.15, 0.2) is 30.5 Å². The number of piperidine rings is 1. The number of carbonyl (C=O) groups excluding carboxylic acids is 1. The number of halogens is 1. The first kappa shape index (κ1) is 18.0. The molecule has 1 amide bonds. The second-order valence-electron chi connectivity index (χ2n) is 7.19. The number of amides is 1. The third-order valence-electron chi connectivity index (χ3n) is 5.58. The van der Waals surface area contributed by atoms with Gasteiger partial charge in [0.1, 0.15) is 5.75 Å². The van der Waals surface area contributed by atoms with E-state index in [0.29, 0.717) is 22.3 Å². The molecule has 0 aliphatic carbocycles. The zero-order valence-electron chi connectivity index (χ0n) is 15.6. The molecular weight excluding hydrogens is 364 g/mol. The molecule has 1 aromatic heterocycles. The van der Waals surface area contributed by atoms with Gasteiger partial charge >= 0.3 is 0 Å². The SMILES string of the molecule is COc1ccc(Cl)cc1C(=O)N1CCC2CCN(c3nccc(C)n3)CC21. The van der Waals surface area contributed by atoms with Crippen molar-refractivity contribution in [3.8, 4) is 5.75 Å². The summed E-state index contributed by atoms with van der Waals surface area (Å²) in [6, 6.07) is 7.23. The number of methoxy groups -OCH3 is 1. The molecule has 0 radical (unpaired) electrons. The van der Waals surface area contributed by atoms with E-state index in [1.807, 2.05) is 17.9 Å². The molecule has 0 N–H and O–H groups in total. The number of hydrogen-bond donors (Lipinski definition) is 0. The van der Waals surface area contributed by atoms with Crippen LogP contribution in [-0.2, 0) is 0 Å². The van der Waals surface area contributed by atoms with Crippen molar-refractivity contribution < 1.29 is 9.53 Å². The van der Waals surface area contributed by atoms with E-state index in [-0.39, 0.29) is 11.9 Å². The van der Waals surface area contributed by atoms with E-state index in [4.69, 9.17) is 16.3 Å². The third-order valence-corrected chi connectivity index (χ3v) is 5.82. The van der Waals surface area contributed by atoms with Gasteiger partial charge in [-0.2, -0.15) is 0 Å². The maximum absolute atomic E-state index is 13.3. The molecule has 0 saturated carbocycles. The molecule has 2 saturated heterocycles. The van der Waals surface area contributed by atoms with Gasteiger partial charge in [0, 0.05) is 36.5 Å². The number of anilines is 1. The molecule has 2 aliphatic heterocycles. The van der Waals surface area contributed by atoms with Crippen LogP contribution in [0.25, 0.3) is 0 Å². The number of hydrogen-bond acceptors (Lipinski definition) is 5. The molecule has 3 heterocycles. The van der Waals surface area contributed by atoms with E-state index in [2.05, 4.69) is 14.9 Å². The van der Waals surface area contributed by atoms with Crippen LogP contribution in [0.2, 0.25) is 5.02 Å². The smallest absolute Gasteiger partial charge is 0.257 e. The Hall–Kier alpha value is -2.34. The van der Waals surface area contributed by atoms with Gasteiger partial charge in [0.2, 0.25) is 5.95 Å². The van der Waals surface area contributed by atoms with Gasteiger partial charge < -0.3 is 14.5 Å². The Kier molecular flexibility index (Phi) is 4.91. The van der Waals surface area contributed by atoms with E-state index >= 15 is 0 Å². The topological polar surface area (TPSA) is 58.6 Å². The van der Waals surface area contributed by atoms with Crippen LogP contribution < -0.4 is 9.64 Å². The van der Waals surface area contributed by atoms with Crippen LogP contribution in [-0.4, -0.2) is 53.6 Å². The average Bonchev–Trinajstić information content (AvgIpc) is 3.10. The summed E-state index contributed by atoms with van der Waals surface area (Å²) in [7, 11) is 1.57. The predicted molar refractivity (Wildman–Crippen MR) is 105 cm³/mol. The molecule has 6 nitrogen and oxygen atoms in total. The minimum absolute atomic E-state index is 0.0196. The number of nitrogens with zero attached hydrogens (tertiary/aromatic N) is 4. The van der Waals surface area contributed by atoms with Gasteiger partial charge in [0.15, 0.2) is 0 Å². The van der Waals surface area contributed by atoms with Gasteiger partial charge in [-0.25, -0.2) is 9.97 Å². The molecule has 0 spiro atoms. The molecule has 2 unspecified atom stereocenters. The second kappa shape index (κ2) is 7.35. The van der Waals surface area contributed by atoms with Crippen molar-refractivity contribution in [3.63, 3.8) is 0 Å². The van der Waals surface area contributed by atoms with E-state index in [9.17, 15) is 4.79 Å². The summed E-state index contributed by atoms with van der Waals surface area (Å²) < 4.78 is 5.38. The van der Waals surface area contributed by atoms with E-state index in [1.165, 1.54) is 0 Å². The number of ether oxygens (including phenoxy) is 1. The highest BCUT2D eigenvalue weighted by Crippen LogP contribution is 2.35. The van der Waals surface area contributed by atoms with E-state index in [0.717, 1.165) is 44.1 Å². The highest BCUT2D eigenvalue weighted by atomic mass is 35.5. The number of likely N-dealkylation sites (tertiary alicyclic amines) is 1. The Morgan fingerprint density at radius 2 is 2.07 bits per heavy atom. The van der Waals surface area contributed by atoms with E-state index in [1.54, 1.807) is 31.5 Å². The number of benzene rings is 1. The summed E-state index contributed by atoms with van der Waals surface area (Å²) in [4.78, 5) is 26.4. The summed E-state index contributed by atoms with van der Waals surface area (Å²) in [6.07, 6.45) is 3.86. The summed E-state index contributed by atoms with van der Waals surface area (Å²) in [6.45, 7) is 4.40. The monoisotopic (exact) mass is 386 g/mol. The van der Waals surface area contributed by atoms with Gasteiger partial charge in [0.05, 0.1) is 18.7 Å². The number of fused-ring (bicyclic) bond motifs is 1. The minimum Gasteiger partial charge on any atom is -0.496 e. The van der Waals surface area contributed by atoms with Gasteiger partial charge in [-0.05, 0) is 49.9 Å². The van der Waals surface area contributed by atoms with Crippen LogP contribution in [0.3, 0.4) is 0 Å². The van der Waals surface area contributed by atoms with Gasteiger partial charge in [-0.3, -0.25) is 4.79 Å². The molecule has 2 fully saturated rings. The quantitative estimate of drug-likeness (QED) is 0.810. The molecule has 142 valence electrons. The van der Waals surface area contributed by atoms with Crippen molar-refractivity contribution in [1.29, 1.82) is 0 Å². The summed E-state index contributed by atoms with van der Waals surface area (Å²) in [5.74, 6) is 1.80. The predicted octanol–water partition coefficient (Wildman–Crippen LogP) is 3.19. The molecule has 2 atom stereocenters. The first-order valence-corrected chi connectivity index (χ1v) is 9.63. The lowest BCUT2D eigenvalue weighted by Crippen LogP contribution is -2.50. The van der Waals surface area contributed by atoms with Crippen LogP contribution in [0.5, 0.6) is 5.75 Å². The number of aryl methyl sites for hydroxylation is 1.